The third-order valence-electron chi connectivity index (χ3n) is 5.33. The maximum atomic E-state index is 13.5. The molecule has 0 atom stereocenters. The first-order valence-electron chi connectivity index (χ1n) is 10.2. The highest BCUT2D eigenvalue weighted by atomic mass is 35.5. The van der Waals surface area contributed by atoms with Gasteiger partial charge in [0.25, 0.3) is 5.91 Å². The van der Waals surface area contributed by atoms with E-state index in [0.717, 1.165) is 29.6 Å². The minimum Gasteiger partial charge on any atom is -0.497 e. The Morgan fingerprint density at radius 2 is 1.88 bits per heavy atom. The lowest BCUT2D eigenvalue weighted by molar-refractivity contribution is 0.0391. The number of benzene rings is 2. The molecule has 1 saturated heterocycles. The molecule has 0 radical (unpaired) electrons. The molecular weight excluding hydrogens is 486 g/mol. The van der Waals surface area contributed by atoms with Crippen molar-refractivity contribution in [1.29, 1.82) is 0 Å². The first-order chi connectivity index (χ1) is 15.3. The van der Waals surface area contributed by atoms with Crippen LogP contribution in [0.1, 0.15) is 10.4 Å². The summed E-state index contributed by atoms with van der Waals surface area (Å²) in [7, 11) is -1.73. The molecular formula is C22H26ClN3O5S2. The number of halogens is 1. The van der Waals surface area contributed by atoms with E-state index in [4.69, 9.17) is 14.5 Å². The van der Waals surface area contributed by atoms with Crippen molar-refractivity contribution in [3.8, 4) is 5.75 Å². The molecule has 2 heterocycles. The number of hydrogen-bond acceptors (Lipinski definition) is 8. The molecule has 1 aliphatic heterocycles. The molecule has 1 aromatic heterocycles. The topological polar surface area (TPSA) is 89.0 Å². The van der Waals surface area contributed by atoms with Gasteiger partial charge in [0.05, 0.1) is 35.4 Å². The zero-order valence-electron chi connectivity index (χ0n) is 18.4. The Labute approximate surface area is 203 Å². The molecule has 11 heteroatoms. The second-order valence-corrected chi connectivity index (χ2v) is 10.6. The number of carbonyl (C=O) groups excluding carboxylic acids is 1. The van der Waals surface area contributed by atoms with Crippen LogP contribution in [-0.4, -0.2) is 77.0 Å². The standard InChI is InChI=1S/C22H25N3O5S2.ClH/c1-29-17-5-8-20-19(15-17)23-22(31-20)25(10-9-24-11-13-30-14-12-24)21(26)16-3-6-18(7-4-16)32(2,27)28;/h3-8,15H,9-14H2,1-2H3;1H. The van der Waals surface area contributed by atoms with Crippen LogP contribution in [0.25, 0.3) is 10.2 Å². The van der Waals surface area contributed by atoms with Gasteiger partial charge in [-0.1, -0.05) is 11.3 Å². The molecule has 8 nitrogen and oxygen atoms in total. The number of ether oxygens (including phenoxy) is 2. The molecule has 0 spiro atoms. The molecule has 0 saturated carbocycles. The molecule has 3 aromatic rings. The number of thiazole rings is 1. The van der Waals surface area contributed by atoms with Crippen molar-refractivity contribution in [2.24, 2.45) is 0 Å². The maximum Gasteiger partial charge on any atom is 0.260 e. The molecule has 178 valence electrons. The molecule has 0 unspecified atom stereocenters. The molecule has 2 aromatic carbocycles. The van der Waals surface area contributed by atoms with Crippen molar-refractivity contribution in [3.63, 3.8) is 0 Å². The van der Waals surface area contributed by atoms with Crippen molar-refractivity contribution in [1.82, 2.24) is 9.88 Å². The van der Waals surface area contributed by atoms with E-state index < -0.39 is 9.84 Å². The predicted octanol–water partition coefficient (Wildman–Crippen LogP) is 3.11. The number of nitrogens with zero attached hydrogens (tertiary/aromatic N) is 3. The Bertz CT molecular complexity index is 1210. The Kier molecular flexibility index (Phi) is 8.30. The number of methoxy groups -OCH3 is 1. The normalized spacial score (nSPS) is 14.6. The number of anilines is 1. The van der Waals surface area contributed by atoms with Crippen molar-refractivity contribution < 1.29 is 22.7 Å². The summed E-state index contributed by atoms with van der Waals surface area (Å²) in [5.74, 6) is 0.487. The van der Waals surface area contributed by atoms with Gasteiger partial charge < -0.3 is 9.47 Å². The molecule has 1 amide bonds. The summed E-state index contributed by atoms with van der Waals surface area (Å²) < 4.78 is 35.2. The van der Waals surface area contributed by atoms with Crippen LogP contribution in [0.3, 0.4) is 0 Å². The second kappa shape index (κ2) is 10.8. The Morgan fingerprint density at radius 3 is 2.52 bits per heavy atom. The molecule has 33 heavy (non-hydrogen) atoms. The monoisotopic (exact) mass is 511 g/mol. The highest BCUT2D eigenvalue weighted by Gasteiger charge is 2.23. The van der Waals surface area contributed by atoms with Crippen molar-refractivity contribution in [3.05, 3.63) is 48.0 Å². The van der Waals surface area contributed by atoms with Crippen molar-refractivity contribution >= 4 is 54.8 Å². The first kappa shape index (κ1) is 25.4. The van der Waals surface area contributed by atoms with Gasteiger partial charge in [0, 0.05) is 44.1 Å². The van der Waals surface area contributed by atoms with Crippen LogP contribution < -0.4 is 9.64 Å². The average molecular weight is 512 g/mol. The van der Waals surface area contributed by atoms with Gasteiger partial charge in [-0.3, -0.25) is 14.6 Å². The lowest BCUT2D eigenvalue weighted by Crippen LogP contribution is -2.43. The van der Waals surface area contributed by atoms with E-state index in [-0.39, 0.29) is 23.2 Å². The number of carbonyl (C=O) groups is 1. The summed E-state index contributed by atoms with van der Waals surface area (Å²) in [6, 6.07) is 11.7. The van der Waals surface area contributed by atoms with E-state index >= 15 is 0 Å². The van der Waals surface area contributed by atoms with Crippen LogP contribution in [0, 0.1) is 0 Å². The zero-order chi connectivity index (χ0) is 22.7. The highest BCUT2D eigenvalue weighted by molar-refractivity contribution is 7.90. The van der Waals surface area contributed by atoms with Gasteiger partial charge in [0.2, 0.25) is 0 Å². The quantitative estimate of drug-likeness (QED) is 0.481. The lowest BCUT2D eigenvalue weighted by atomic mass is 10.2. The number of fused-ring (bicyclic) bond motifs is 1. The minimum absolute atomic E-state index is 0. The van der Waals surface area contributed by atoms with Gasteiger partial charge in [-0.25, -0.2) is 13.4 Å². The molecule has 1 fully saturated rings. The van der Waals surface area contributed by atoms with Crippen LogP contribution >= 0.6 is 23.7 Å². The summed E-state index contributed by atoms with van der Waals surface area (Å²) >= 11 is 1.44. The predicted molar refractivity (Wildman–Crippen MR) is 132 cm³/mol. The smallest absolute Gasteiger partial charge is 0.260 e. The zero-order valence-corrected chi connectivity index (χ0v) is 20.8. The van der Waals surface area contributed by atoms with E-state index in [1.165, 1.54) is 23.5 Å². The summed E-state index contributed by atoms with van der Waals surface area (Å²) in [5, 5.41) is 0.596. The molecule has 0 aliphatic carbocycles. The van der Waals surface area contributed by atoms with Gasteiger partial charge in [0.15, 0.2) is 15.0 Å². The van der Waals surface area contributed by atoms with E-state index in [1.54, 1.807) is 24.1 Å². The van der Waals surface area contributed by atoms with Crippen molar-refractivity contribution in [2.75, 3.05) is 57.7 Å². The van der Waals surface area contributed by atoms with Gasteiger partial charge in [0.1, 0.15) is 5.75 Å². The fraction of sp³-hybridized carbons (Fsp3) is 0.364. The average Bonchev–Trinajstić information content (AvgIpc) is 3.22. The van der Waals surface area contributed by atoms with E-state index in [1.807, 2.05) is 18.2 Å². The Balaban J connectivity index is 0.00000306. The molecule has 1 aliphatic rings. The van der Waals surface area contributed by atoms with Gasteiger partial charge in [-0.2, -0.15) is 0 Å². The van der Waals surface area contributed by atoms with Crippen LogP contribution in [0.15, 0.2) is 47.4 Å². The third-order valence-corrected chi connectivity index (χ3v) is 7.52. The summed E-state index contributed by atoms with van der Waals surface area (Å²) in [6.07, 6.45) is 1.15. The fourth-order valence-corrected chi connectivity index (χ4v) is 5.09. The van der Waals surface area contributed by atoms with E-state index in [0.29, 0.717) is 42.7 Å². The van der Waals surface area contributed by atoms with E-state index in [9.17, 15) is 13.2 Å². The Morgan fingerprint density at radius 1 is 1.18 bits per heavy atom. The van der Waals surface area contributed by atoms with Gasteiger partial charge in [-0.05, 0) is 36.4 Å². The maximum absolute atomic E-state index is 13.5. The van der Waals surface area contributed by atoms with Gasteiger partial charge in [-0.15, -0.1) is 12.4 Å². The number of amides is 1. The Hall–Kier alpha value is -2.24. The first-order valence-corrected chi connectivity index (χ1v) is 12.9. The molecule has 0 bridgehead atoms. The SMILES string of the molecule is COc1ccc2sc(N(CCN3CCOCC3)C(=O)c3ccc(S(C)(=O)=O)cc3)nc2c1.Cl. The van der Waals surface area contributed by atoms with Crippen LogP contribution in [0.2, 0.25) is 0 Å². The number of morpholine rings is 1. The minimum atomic E-state index is -3.33. The fourth-order valence-electron chi connectivity index (χ4n) is 3.49. The van der Waals surface area contributed by atoms with E-state index in [2.05, 4.69) is 4.90 Å². The third kappa shape index (κ3) is 6.01. The summed E-state index contributed by atoms with van der Waals surface area (Å²) in [6.45, 7) is 4.16. The second-order valence-electron chi connectivity index (χ2n) is 7.54. The summed E-state index contributed by atoms with van der Waals surface area (Å²) in [4.78, 5) is 22.3. The number of sulfone groups is 1. The molecule has 4 rings (SSSR count). The molecule has 0 N–H and O–H groups in total. The van der Waals surface area contributed by atoms with Crippen LogP contribution in [-0.2, 0) is 14.6 Å². The summed E-state index contributed by atoms with van der Waals surface area (Å²) in [5.41, 5.74) is 1.18. The number of rotatable bonds is 7. The highest BCUT2D eigenvalue weighted by Crippen LogP contribution is 2.32. The van der Waals surface area contributed by atoms with Gasteiger partial charge >= 0.3 is 0 Å². The largest absolute Gasteiger partial charge is 0.497 e. The number of hydrogen-bond donors (Lipinski definition) is 0. The van der Waals surface area contributed by atoms with Crippen molar-refractivity contribution in [2.45, 2.75) is 4.90 Å². The number of aromatic nitrogens is 1. The van der Waals surface area contributed by atoms with Crippen LogP contribution in [0.5, 0.6) is 5.75 Å². The lowest BCUT2D eigenvalue weighted by Gasteiger charge is -2.29. The van der Waals surface area contributed by atoms with Crippen LogP contribution in [0.4, 0.5) is 5.13 Å².